The minimum absolute atomic E-state index is 0. The maximum absolute atomic E-state index is 14.9. The Balaban J connectivity index is 0.00000357. The van der Waals surface area contributed by atoms with E-state index in [-0.39, 0.29) is 26.6 Å². The molecule has 0 unspecified atom stereocenters. The number of halogens is 2. The maximum Gasteiger partial charge on any atom is 2.00 e. The summed E-state index contributed by atoms with van der Waals surface area (Å²) in [5.41, 5.74) is 5.34. The Hall–Kier alpha value is -4.61. The molecule has 0 spiro atoms. The van der Waals surface area contributed by atoms with E-state index in [9.17, 15) is 8.78 Å². The number of rotatable bonds is 7. The van der Waals surface area contributed by atoms with Crippen molar-refractivity contribution in [2.45, 2.75) is 33.6 Å². The number of aryl methyl sites for hydroxylation is 2. The van der Waals surface area contributed by atoms with Crippen LogP contribution in [0.1, 0.15) is 30.8 Å². The quantitative estimate of drug-likeness (QED) is 0.152. The van der Waals surface area contributed by atoms with Crippen LogP contribution in [0.25, 0.3) is 44.4 Å². The summed E-state index contributed by atoms with van der Waals surface area (Å²) in [7, 11) is 0. The van der Waals surface area contributed by atoms with Crippen molar-refractivity contribution in [3.05, 3.63) is 132 Å². The fourth-order valence-electron chi connectivity index (χ4n) is 5.85. The summed E-state index contributed by atoms with van der Waals surface area (Å²) < 4.78 is 39.9. The van der Waals surface area contributed by atoms with Gasteiger partial charge in [-0.25, -0.2) is 13.8 Å². The van der Waals surface area contributed by atoms with Gasteiger partial charge in [-0.05, 0) is 66.7 Å². The fourth-order valence-corrected chi connectivity index (χ4v) is 5.85. The number of benzene rings is 4. The maximum atomic E-state index is 14.9. The molecule has 0 fully saturated rings. The van der Waals surface area contributed by atoms with Crippen LogP contribution in [0.3, 0.4) is 0 Å². The van der Waals surface area contributed by atoms with Crippen molar-refractivity contribution in [2.75, 3.05) is 0 Å². The summed E-state index contributed by atoms with van der Waals surface area (Å²) in [6, 6.07) is 32.4. The van der Waals surface area contributed by atoms with E-state index in [1.165, 1.54) is 18.2 Å². The first kappa shape index (κ1) is 30.4. The molecule has 7 aromatic rings. The second-order valence-corrected chi connectivity index (χ2v) is 10.6. The minimum atomic E-state index is -0.612. The van der Waals surface area contributed by atoms with Crippen LogP contribution in [-0.4, -0.2) is 19.3 Å². The number of ether oxygens (including phenoxy) is 1. The number of fused-ring (bicyclic) bond motifs is 3. The molecule has 7 rings (SSSR count). The summed E-state index contributed by atoms with van der Waals surface area (Å²) in [6.45, 7) is 5.92. The molecule has 3 heterocycles. The Morgan fingerprint density at radius 2 is 1.53 bits per heavy atom. The molecule has 0 amide bonds. The first-order valence-corrected chi connectivity index (χ1v) is 14.6. The predicted octanol–water partition coefficient (Wildman–Crippen LogP) is 9.13. The Labute approximate surface area is 274 Å². The van der Waals surface area contributed by atoms with Gasteiger partial charge in [-0.2, -0.15) is 17.2 Å². The van der Waals surface area contributed by atoms with Crippen LogP contribution in [0.4, 0.5) is 8.78 Å². The third-order valence-corrected chi connectivity index (χ3v) is 7.82. The van der Waals surface area contributed by atoms with Crippen LogP contribution in [0.5, 0.6) is 11.5 Å². The number of hydrogen-bond acceptors (Lipinski definition) is 3. The van der Waals surface area contributed by atoms with Crippen molar-refractivity contribution in [3.63, 3.8) is 0 Å². The third-order valence-electron chi connectivity index (χ3n) is 7.82. The molecule has 8 heteroatoms. The molecule has 0 atom stereocenters. The van der Waals surface area contributed by atoms with E-state index < -0.39 is 11.6 Å². The average molecular weight is 778 g/mol. The van der Waals surface area contributed by atoms with Crippen LogP contribution >= 0.6 is 0 Å². The van der Waals surface area contributed by atoms with Crippen LogP contribution in [0.15, 0.2) is 91.1 Å². The predicted molar refractivity (Wildman–Crippen MR) is 169 cm³/mol. The first-order valence-electron chi connectivity index (χ1n) is 14.6. The molecule has 0 aliphatic rings. The molecule has 0 saturated carbocycles. The Bertz CT molecular complexity index is 2170. The fraction of sp³-hybridized carbons (Fsp3) is 0.135. The summed E-state index contributed by atoms with van der Waals surface area (Å²) in [5.74, 6) is 0.557. The van der Waals surface area contributed by atoms with Gasteiger partial charge in [0.05, 0.1) is 11.3 Å². The Morgan fingerprint density at radius 1 is 0.778 bits per heavy atom. The molecule has 4 aromatic carbocycles. The molecule has 0 radical (unpaired) electrons. The zero-order valence-corrected chi connectivity index (χ0v) is 27.1. The van der Waals surface area contributed by atoms with E-state index in [4.69, 9.17) is 9.84 Å². The van der Waals surface area contributed by atoms with Crippen molar-refractivity contribution in [2.24, 2.45) is 0 Å². The van der Waals surface area contributed by atoms with Gasteiger partial charge in [-0.1, -0.05) is 43.6 Å². The monoisotopic (exact) mass is 777 g/mol. The Kier molecular flexibility index (Phi) is 8.39. The summed E-state index contributed by atoms with van der Waals surface area (Å²) in [5, 5.41) is 6.91. The van der Waals surface area contributed by atoms with Gasteiger partial charge in [-0.3, -0.25) is 4.68 Å². The molecule has 0 N–H and O–H groups in total. The van der Waals surface area contributed by atoms with Crippen LogP contribution in [0.2, 0.25) is 0 Å². The molecule has 3 aromatic heterocycles. The molecule has 0 aliphatic heterocycles. The van der Waals surface area contributed by atoms with E-state index >= 15 is 0 Å². The van der Waals surface area contributed by atoms with Crippen molar-refractivity contribution < 1.29 is 34.6 Å². The molecule has 45 heavy (non-hydrogen) atoms. The zero-order valence-electron chi connectivity index (χ0n) is 24.8. The van der Waals surface area contributed by atoms with Crippen molar-refractivity contribution in [1.29, 1.82) is 0 Å². The molecule has 0 saturated heterocycles. The number of aromatic nitrogens is 4. The largest absolute Gasteiger partial charge is 2.00 e. The summed E-state index contributed by atoms with van der Waals surface area (Å²) in [4.78, 5) is 4.65. The molecular formula is C37H28F2N4OPt. The van der Waals surface area contributed by atoms with Gasteiger partial charge < -0.3 is 9.30 Å². The van der Waals surface area contributed by atoms with Gasteiger partial charge in [0, 0.05) is 34.5 Å². The zero-order chi connectivity index (χ0) is 30.4. The number of para-hydroxylation sites is 1. The topological polar surface area (TPSA) is 44.9 Å². The minimum Gasteiger partial charge on any atom is -0.509 e. The summed E-state index contributed by atoms with van der Waals surface area (Å²) >= 11 is 0. The van der Waals surface area contributed by atoms with Crippen molar-refractivity contribution in [1.82, 2.24) is 19.3 Å². The van der Waals surface area contributed by atoms with Gasteiger partial charge in [0.15, 0.2) is 0 Å². The smallest absolute Gasteiger partial charge is 0.509 e. The number of pyridine rings is 1. The molecular weight excluding hydrogens is 750 g/mol. The van der Waals surface area contributed by atoms with Gasteiger partial charge in [0.1, 0.15) is 17.5 Å². The normalized spacial score (nSPS) is 11.2. The van der Waals surface area contributed by atoms with Gasteiger partial charge >= 0.3 is 21.1 Å². The van der Waals surface area contributed by atoms with E-state index in [0.717, 1.165) is 33.2 Å². The van der Waals surface area contributed by atoms with E-state index in [2.05, 4.69) is 33.8 Å². The SMILES string of the molecule is CCc1nn(-c2[c-]c(Oc3[c-]c4c(cc3)c3ccccc3n4-c3cc(C)ccn3)ccc2)c(CC)c1-c1c(F)cccc1F.[Pt+2]. The van der Waals surface area contributed by atoms with Crippen LogP contribution < -0.4 is 4.74 Å². The standard InChI is InChI=1S/C37H28F2N4O.Pt/c1-4-31-37(36-29(38)13-9-14-30(36)39)32(5-2)43(41-31)24-10-8-11-25(21-24)44-26-16-17-28-27-12-6-7-15-33(27)42(34(28)22-26)35-20-23(3)18-19-40-35;/h6-20H,4-5H2,1-3H3;/q-2;+2. The van der Waals surface area contributed by atoms with Gasteiger partial charge in [0.25, 0.3) is 0 Å². The van der Waals surface area contributed by atoms with E-state index in [1.54, 1.807) is 4.68 Å². The van der Waals surface area contributed by atoms with Gasteiger partial charge in [0.2, 0.25) is 0 Å². The Morgan fingerprint density at radius 3 is 2.29 bits per heavy atom. The molecule has 226 valence electrons. The second-order valence-electron chi connectivity index (χ2n) is 10.6. The van der Waals surface area contributed by atoms with E-state index in [1.807, 2.05) is 81.6 Å². The number of hydrogen-bond donors (Lipinski definition) is 0. The van der Waals surface area contributed by atoms with E-state index in [0.29, 0.717) is 47.0 Å². The summed E-state index contributed by atoms with van der Waals surface area (Å²) in [6.07, 6.45) is 2.83. The molecule has 5 nitrogen and oxygen atoms in total. The van der Waals surface area contributed by atoms with Crippen molar-refractivity contribution >= 4 is 21.8 Å². The van der Waals surface area contributed by atoms with Crippen LogP contribution in [0, 0.1) is 30.7 Å². The molecule has 0 bridgehead atoms. The number of nitrogens with zero attached hydrogens (tertiary/aromatic N) is 4. The van der Waals surface area contributed by atoms with Gasteiger partial charge in [-0.15, -0.1) is 35.7 Å². The van der Waals surface area contributed by atoms with Crippen molar-refractivity contribution in [3.8, 4) is 34.1 Å². The second kappa shape index (κ2) is 12.4. The molecule has 0 aliphatic carbocycles. The third kappa shape index (κ3) is 5.36. The van der Waals surface area contributed by atoms with Crippen LogP contribution in [-0.2, 0) is 33.9 Å². The first-order chi connectivity index (χ1) is 21.5. The average Bonchev–Trinajstić information content (AvgIpc) is 3.56.